The molecule has 19 heavy (non-hydrogen) atoms. The molecule has 1 fully saturated rings. The number of benzene rings is 1. The number of nitrogens with two attached hydrogens (primary N) is 1. The molecule has 1 aliphatic heterocycles. The second-order valence-corrected chi connectivity index (χ2v) is 6.72. The van der Waals surface area contributed by atoms with Crippen LogP contribution >= 0.6 is 0 Å². The first-order valence-corrected chi connectivity index (χ1v) is 7.10. The molecule has 106 valence electrons. The topological polar surface area (TPSA) is 29.3 Å². The van der Waals surface area contributed by atoms with Gasteiger partial charge in [-0.15, -0.1) is 0 Å². The van der Waals surface area contributed by atoms with E-state index in [9.17, 15) is 4.39 Å². The maximum absolute atomic E-state index is 13.8. The Hall–Kier alpha value is -0.930. The Balaban J connectivity index is 2.03. The van der Waals surface area contributed by atoms with E-state index < -0.39 is 0 Å². The van der Waals surface area contributed by atoms with Gasteiger partial charge in [0.05, 0.1) is 0 Å². The Morgan fingerprint density at radius 2 is 2.11 bits per heavy atom. The highest BCUT2D eigenvalue weighted by Crippen LogP contribution is 2.34. The van der Waals surface area contributed by atoms with Gasteiger partial charge in [0.2, 0.25) is 0 Å². The SMILES string of the molecule is CC(C)(C)C1CCN(Cc2cc(CN)ccc2F)C1. The summed E-state index contributed by atoms with van der Waals surface area (Å²) in [7, 11) is 0. The molecule has 0 amide bonds. The van der Waals surface area contributed by atoms with Crippen molar-refractivity contribution >= 4 is 0 Å². The smallest absolute Gasteiger partial charge is 0.127 e. The summed E-state index contributed by atoms with van der Waals surface area (Å²) in [5.74, 6) is 0.588. The van der Waals surface area contributed by atoms with Crippen molar-refractivity contribution in [3.8, 4) is 0 Å². The molecule has 1 aromatic rings. The van der Waals surface area contributed by atoms with Crippen molar-refractivity contribution in [2.75, 3.05) is 13.1 Å². The van der Waals surface area contributed by atoms with Crippen LogP contribution in [0.2, 0.25) is 0 Å². The van der Waals surface area contributed by atoms with Crippen LogP contribution in [0.25, 0.3) is 0 Å². The van der Waals surface area contributed by atoms with Crippen molar-refractivity contribution in [1.82, 2.24) is 4.90 Å². The van der Waals surface area contributed by atoms with Crippen LogP contribution in [0.15, 0.2) is 18.2 Å². The molecule has 0 radical (unpaired) electrons. The molecule has 2 nitrogen and oxygen atoms in total. The molecule has 1 aromatic carbocycles. The van der Waals surface area contributed by atoms with Gasteiger partial charge in [-0.1, -0.05) is 32.9 Å². The maximum atomic E-state index is 13.8. The van der Waals surface area contributed by atoms with Crippen LogP contribution < -0.4 is 5.73 Å². The van der Waals surface area contributed by atoms with Gasteiger partial charge in [0.15, 0.2) is 0 Å². The van der Waals surface area contributed by atoms with E-state index in [1.54, 1.807) is 6.07 Å². The van der Waals surface area contributed by atoms with Crippen LogP contribution in [-0.2, 0) is 13.1 Å². The Morgan fingerprint density at radius 3 is 2.68 bits per heavy atom. The molecule has 1 heterocycles. The lowest BCUT2D eigenvalue weighted by atomic mass is 9.80. The van der Waals surface area contributed by atoms with E-state index in [1.807, 2.05) is 6.07 Å². The molecular weight excluding hydrogens is 239 g/mol. The van der Waals surface area contributed by atoms with Gasteiger partial charge in [-0.3, -0.25) is 4.90 Å². The first-order valence-electron chi connectivity index (χ1n) is 7.10. The van der Waals surface area contributed by atoms with Gasteiger partial charge in [-0.2, -0.15) is 0 Å². The van der Waals surface area contributed by atoms with Crippen LogP contribution in [0.3, 0.4) is 0 Å². The molecule has 3 heteroatoms. The number of hydrogen-bond donors (Lipinski definition) is 1. The summed E-state index contributed by atoms with van der Waals surface area (Å²) in [6, 6.07) is 5.20. The summed E-state index contributed by atoms with van der Waals surface area (Å²) in [4.78, 5) is 2.36. The summed E-state index contributed by atoms with van der Waals surface area (Å²) < 4.78 is 13.8. The molecule has 1 saturated heterocycles. The minimum absolute atomic E-state index is 0.114. The predicted octanol–water partition coefficient (Wildman–Crippen LogP) is 3.15. The zero-order valence-corrected chi connectivity index (χ0v) is 12.2. The lowest BCUT2D eigenvalue weighted by Gasteiger charge is -2.27. The summed E-state index contributed by atoms with van der Waals surface area (Å²) in [6.07, 6.45) is 1.21. The lowest BCUT2D eigenvalue weighted by molar-refractivity contribution is 0.225. The zero-order chi connectivity index (χ0) is 14.0. The number of hydrogen-bond acceptors (Lipinski definition) is 2. The fourth-order valence-electron chi connectivity index (χ4n) is 2.80. The Kier molecular flexibility index (Phi) is 4.26. The van der Waals surface area contributed by atoms with Gasteiger partial charge in [-0.05, 0) is 35.9 Å². The van der Waals surface area contributed by atoms with Crippen molar-refractivity contribution in [1.29, 1.82) is 0 Å². The highest BCUT2D eigenvalue weighted by Gasteiger charge is 2.31. The van der Waals surface area contributed by atoms with Gasteiger partial charge in [0, 0.05) is 25.2 Å². The second-order valence-electron chi connectivity index (χ2n) is 6.72. The fraction of sp³-hybridized carbons (Fsp3) is 0.625. The van der Waals surface area contributed by atoms with Crippen LogP contribution in [0.4, 0.5) is 4.39 Å². The van der Waals surface area contributed by atoms with Crippen molar-refractivity contribution in [2.24, 2.45) is 17.1 Å². The predicted molar refractivity (Wildman–Crippen MR) is 77.1 cm³/mol. The molecular formula is C16H25FN2. The molecule has 1 unspecified atom stereocenters. The minimum Gasteiger partial charge on any atom is -0.326 e. The third-order valence-corrected chi connectivity index (χ3v) is 4.24. The fourth-order valence-corrected chi connectivity index (χ4v) is 2.80. The minimum atomic E-state index is -0.114. The normalized spacial score (nSPS) is 21.0. The molecule has 0 saturated carbocycles. The van der Waals surface area contributed by atoms with Crippen molar-refractivity contribution in [3.63, 3.8) is 0 Å². The molecule has 0 spiro atoms. The largest absolute Gasteiger partial charge is 0.326 e. The quantitative estimate of drug-likeness (QED) is 0.908. The Bertz CT molecular complexity index is 437. The van der Waals surface area contributed by atoms with E-state index >= 15 is 0 Å². The summed E-state index contributed by atoms with van der Waals surface area (Å²) in [5.41, 5.74) is 7.74. The molecule has 0 aromatic heterocycles. The third kappa shape index (κ3) is 3.54. The van der Waals surface area contributed by atoms with E-state index in [4.69, 9.17) is 5.73 Å². The number of likely N-dealkylation sites (tertiary alicyclic amines) is 1. The standard InChI is InChI=1S/C16H25FN2/c1-16(2,3)14-6-7-19(11-14)10-13-8-12(9-18)4-5-15(13)17/h4-5,8,14H,6-7,9-11,18H2,1-3H3. The van der Waals surface area contributed by atoms with E-state index in [2.05, 4.69) is 25.7 Å². The van der Waals surface area contributed by atoms with Gasteiger partial charge in [-0.25, -0.2) is 4.39 Å². The third-order valence-electron chi connectivity index (χ3n) is 4.24. The molecule has 1 aliphatic rings. The highest BCUT2D eigenvalue weighted by molar-refractivity contribution is 5.25. The van der Waals surface area contributed by atoms with Crippen LogP contribution in [0.1, 0.15) is 38.3 Å². The summed E-state index contributed by atoms with van der Waals surface area (Å²) in [6.45, 7) is 10.2. The molecule has 2 rings (SSSR count). The monoisotopic (exact) mass is 264 g/mol. The first kappa shape index (κ1) is 14.5. The van der Waals surface area contributed by atoms with Crippen molar-refractivity contribution in [3.05, 3.63) is 35.1 Å². The summed E-state index contributed by atoms with van der Waals surface area (Å²) >= 11 is 0. The first-order chi connectivity index (χ1) is 8.90. The van der Waals surface area contributed by atoms with E-state index in [1.165, 1.54) is 12.5 Å². The summed E-state index contributed by atoms with van der Waals surface area (Å²) in [5, 5.41) is 0. The number of nitrogens with zero attached hydrogens (tertiary/aromatic N) is 1. The van der Waals surface area contributed by atoms with Crippen LogP contribution in [0.5, 0.6) is 0 Å². The Labute approximate surface area is 115 Å². The van der Waals surface area contributed by atoms with E-state index in [0.29, 0.717) is 24.4 Å². The number of rotatable bonds is 3. The van der Waals surface area contributed by atoms with Crippen LogP contribution in [-0.4, -0.2) is 18.0 Å². The van der Waals surface area contributed by atoms with Crippen molar-refractivity contribution in [2.45, 2.75) is 40.3 Å². The second kappa shape index (κ2) is 5.59. The molecule has 2 N–H and O–H groups in total. The van der Waals surface area contributed by atoms with Gasteiger partial charge in [0.1, 0.15) is 5.82 Å². The molecule has 0 bridgehead atoms. The van der Waals surface area contributed by atoms with Crippen LogP contribution in [0, 0.1) is 17.2 Å². The van der Waals surface area contributed by atoms with E-state index in [-0.39, 0.29) is 5.82 Å². The van der Waals surface area contributed by atoms with Gasteiger partial charge in [0.25, 0.3) is 0 Å². The van der Waals surface area contributed by atoms with Gasteiger partial charge >= 0.3 is 0 Å². The molecule has 1 atom stereocenters. The highest BCUT2D eigenvalue weighted by atomic mass is 19.1. The van der Waals surface area contributed by atoms with Crippen molar-refractivity contribution < 1.29 is 4.39 Å². The number of halogens is 1. The average molecular weight is 264 g/mol. The maximum Gasteiger partial charge on any atom is 0.127 e. The zero-order valence-electron chi connectivity index (χ0n) is 12.2. The molecule has 0 aliphatic carbocycles. The average Bonchev–Trinajstić information content (AvgIpc) is 2.80. The van der Waals surface area contributed by atoms with E-state index in [0.717, 1.165) is 24.2 Å². The Morgan fingerprint density at radius 1 is 1.37 bits per heavy atom. The van der Waals surface area contributed by atoms with Gasteiger partial charge < -0.3 is 5.73 Å². The lowest BCUT2D eigenvalue weighted by Crippen LogP contribution is -2.26.